The van der Waals surface area contributed by atoms with Gasteiger partial charge in [0.2, 0.25) is 0 Å². The lowest BCUT2D eigenvalue weighted by molar-refractivity contribution is 0.146. The number of carbonyl (C=O) groups is 1. The fourth-order valence-electron chi connectivity index (χ4n) is 1.25. The number of carboxylic acid groups (broad SMARTS) is 1. The fraction of sp³-hybridized carbons (Fsp3) is 0.833. The molecule has 0 bridgehead atoms. The molecule has 1 rings (SSSR count). The van der Waals surface area contributed by atoms with E-state index in [4.69, 9.17) is 10.2 Å². The third kappa shape index (κ3) is 1.81. The molecule has 11 heavy (non-hydrogen) atoms. The molecule has 0 aromatic heterocycles. The van der Waals surface area contributed by atoms with E-state index in [1.165, 1.54) is 0 Å². The summed E-state index contributed by atoms with van der Waals surface area (Å²) in [6.07, 6.45) is -0.432. The lowest BCUT2D eigenvalue weighted by Gasteiger charge is -2.24. The highest BCUT2D eigenvalue weighted by molar-refractivity contribution is 5.65. The number of rotatable bonds is 2. The Hall–Kier alpha value is -0.810. The lowest BCUT2D eigenvalue weighted by Crippen LogP contribution is -2.52. The second-order valence-corrected chi connectivity index (χ2v) is 2.80. The first kappa shape index (κ1) is 8.29. The number of aliphatic hydroxyl groups excluding tert-OH is 1. The molecule has 0 aromatic rings. The van der Waals surface area contributed by atoms with E-state index >= 15 is 0 Å². The molecule has 1 heterocycles. The van der Waals surface area contributed by atoms with E-state index in [1.54, 1.807) is 0 Å². The zero-order valence-corrected chi connectivity index (χ0v) is 6.13. The largest absolute Gasteiger partial charge is 0.465 e. The van der Waals surface area contributed by atoms with Crippen molar-refractivity contribution in [2.75, 3.05) is 19.7 Å². The summed E-state index contributed by atoms with van der Waals surface area (Å²) >= 11 is 0. The second-order valence-electron chi connectivity index (χ2n) is 2.80. The molecule has 0 aromatic carbocycles. The maximum Gasteiger partial charge on any atom is 0.405 e. The zero-order chi connectivity index (χ0) is 8.32. The number of amides is 1. The Balaban J connectivity index is 2.52. The van der Waals surface area contributed by atoms with Crippen LogP contribution in [0.5, 0.6) is 0 Å². The van der Waals surface area contributed by atoms with E-state index in [0.29, 0.717) is 13.0 Å². The number of hydrogen-bond donors (Lipinski definition) is 4. The van der Waals surface area contributed by atoms with E-state index in [2.05, 4.69) is 10.6 Å². The Labute approximate surface area is 64.4 Å². The molecule has 1 aliphatic heterocycles. The van der Waals surface area contributed by atoms with Crippen LogP contribution in [-0.2, 0) is 0 Å². The van der Waals surface area contributed by atoms with Crippen LogP contribution in [0, 0.1) is 0 Å². The Morgan fingerprint density at radius 3 is 2.82 bits per heavy atom. The van der Waals surface area contributed by atoms with Gasteiger partial charge in [-0.05, 0) is 13.0 Å². The van der Waals surface area contributed by atoms with Crippen LogP contribution in [0.1, 0.15) is 6.42 Å². The fourth-order valence-corrected chi connectivity index (χ4v) is 1.25. The van der Waals surface area contributed by atoms with Gasteiger partial charge in [-0.1, -0.05) is 0 Å². The molecule has 5 heteroatoms. The molecule has 0 spiro atoms. The second kappa shape index (κ2) is 3.06. The van der Waals surface area contributed by atoms with Gasteiger partial charge in [0.25, 0.3) is 0 Å². The normalized spacial score (nSPS) is 30.3. The van der Waals surface area contributed by atoms with Crippen LogP contribution < -0.4 is 10.6 Å². The molecule has 0 radical (unpaired) electrons. The van der Waals surface area contributed by atoms with Crippen molar-refractivity contribution in [3.63, 3.8) is 0 Å². The van der Waals surface area contributed by atoms with Gasteiger partial charge < -0.3 is 20.8 Å². The molecule has 4 N–H and O–H groups in total. The predicted molar refractivity (Wildman–Crippen MR) is 38.5 cm³/mol. The van der Waals surface area contributed by atoms with Crippen LogP contribution in [0.15, 0.2) is 0 Å². The van der Waals surface area contributed by atoms with Crippen LogP contribution >= 0.6 is 0 Å². The third-order valence-electron chi connectivity index (χ3n) is 1.92. The van der Waals surface area contributed by atoms with E-state index in [9.17, 15) is 4.79 Å². The van der Waals surface area contributed by atoms with Crippen LogP contribution in [0.4, 0.5) is 4.79 Å². The molecule has 1 fully saturated rings. The highest BCUT2D eigenvalue weighted by atomic mass is 16.4. The van der Waals surface area contributed by atoms with Crippen LogP contribution in [-0.4, -0.2) is 41.5 Å². The number of hydrogen-bond acceptors (Lipinski definition) is 3. The molecule has 0 aliphatic carbocycles. The molecule has 1 amide bonds. The maximum absolute atomic E-state index is 10.3. The molecule has 1 unspecified atom stereocenters. The van der Waals surface area contributed by atoms with Crippen LogP contribution in [0.3, 0.4) is 0 Å². The quantitative estimate of drug-likeness (QED) is 0.416. The first-order chi connectivity index (χ1) is 5.18. The first-order valence-electron chi connectivity index (χ1n) is 3.51. The van der Waals surface area contributed by atoms with Gasteiger partial charge in [0.15, 0.2) is 0 Å². The smallest absolute Gasteiger partial charge is 0.405 e. The molecule has 64 valence electrons. The molecule has 0 saturated carbocycles. The van der Waals surface area contributed by atoms with Gasteiger partial charge in [-0.25, -0.2) is 4.79 Å². The summed E-state index contributed by atoms with van der Waals surface area (Å²) < 4.78 is 0. The Bertz CT molecular complexity index is 154. The van der Waals surface area contributed by atoms with Crippen molar-refractivity contribution in [3.05, 3.63) is 0 Å². The zero-order valence-electron chi connectivity index (χ0n) is 6.13. The van der Waals surface area contributed by atoms with E-state index < -0.39 is 11.6 Å². The van der Waals surface area contributed by atoms with Gasteiger partial charge in [-0.2, -0.15) is 0 Å². The van der Waals surface area contributed by atoms with Crippen molar-refractivity contribution in [1.29, 1.82) is 0 Å². The highest BCUT2D eigenvalue weighted by Gasteiger charge is 2.34. The van der Waals surface area contributed by atoms with Crippen molar-refractivity contribution in [2.45, 2.75) is 12.0 Å². The summed E-state index contributed by atoms with van der Waals surface area (Å²) in [5.41, 5.74) is -0.647. The molecular formula is C6H12N2O3. The summed E-state index contributed by atoms with van der Waals surface area (Å²) in [4.78, 5) is 10.3. The van der Waals surface area contributed by atoms with Gasteiger partial charge in [-0.3, -0.25) is 0 Å². The minimum Gasteiger partial charge on any atom is -0.465 e. The summed E-state index contributed by atoms with van der Waals surface area (Å²) in [5.74, 6) is 0. The monoisotopic (exact) mass is 160 g/mol. The molecular weight excluding hydrogens is 148 g/mol. The van der Waals surface area contributed by atoms with Crippen molar-refractivity contribution >= 4 is 6.09 Å². The van der Waals surface area contributed by atoms with Gasteiger partial charge in [0.1, 0.15) is 0 Å². The molecule has 1 atom stereocenters. The number of nitrogens with one attached hydrogen (secondary N) is 2. The topological polar surface area (TPSA) is 81.6 Å². The lowest BCUT2D eigenvalue weighted by atomic mass is 10.0. The summed E-state index contributed by atoms with van der Waals surface area (Å²) in [6.45, 7) is 1.11. The summed E-state index contributed by atoms with van der Waals surface area (Å²) in [6, 6.07) is 0. The Morgan fingerprint density at radius 1 is 1.73 bits per heavy atom. The van der Waals surface area contributed by atoms with Crippen LogP contribution in [0.25, 0.3) is 0 Å². The van der Waals surface area contributed by atoms with Gasteiger partial charge >= 0.3 is 6.09 Å². The van der Waals surface area contributed by atoms with Gasteiger partial charge in [0.05, 0.1) is 12.1 Å². The highest BCUT2D eigenvalue weighted by Crippen LogP contribution is 2.12. The molecule has 1 saturated heterocycles. The van der Waals surface area contributed by atoms with E-state index in [1.807, 2.05) is 0 Å². The minimum atomic E-state index is -1.08. The molecule has 1 aliphatic rings. The van der Waals surface area contributed by atoms with Crippen molar-refractivity contribution in [2.24, 2.45) is 0 Å². The minimum absolute atomic E-state index is 0.147. The van der Waals surface area contributed by atoms with Gasteiger partial charge in [-0.15, -0.1) is 0 Å². The Morgan fingerprint density at radius 2 is 2.45 bits per heavy atom. The summed E-state index contributed by atoms with van der Waals surface area (Å²) in [5, 5.41) is 22.6. The van der Waals surface area contributed by atoms with Crippen molar-refractivity contribution in [1.82, 2.24) is 10.6 Å². The average molecular weight is 160 g/mol. The average Bonchev–Trinajstić information content (AvgIpc) is 2.36. The van der Waals surface area contributed by atoms with Crippen LogP contribution in [0.2, 0.25) is 0 Å². The maximum atomic E-state index is 10.3. The third-order valence-corrected chi connectivity index (χ3v) is 1.92. The molecule has 5 nitrogen and oxygen atoms in total. The number of aliphatic hydroxyl groups is 1. The summed E-state index contributed by atoms with van der Waals surface area (Å²) in [7, 11) is 0. The first-order valence-corrected chi connectivity index (χ1v) is 3.51. The predicted octanol–water partition coefficient (Wildman–Crippen LogP) is -1.02. The Kier molecular flexibility index (Phi) is 2.31. The van der Waals surface area contributed by atoms with Gasteiger partial charge in [0, 0.05) is 6.54 Å². The van der Waals surface area contributed by atoms with E-state index in [-0.39, 0.29) is 6.61 Å². The van der Waals surface area contributed by atoms with Crippen molar-refractivity contribution < 1.29 is 15.0 Å². The standard InChI is InChI=1S/C6H12N2O3/c9-4-6(8-5(10)11)1-2-7-3-6/h7-9H,1-4H2,(H,10,11). The van der Waals surface area contributed by atoms with E-state index in [0.717, 1.165) is 6.54 Å². The van der Waals surface area contributed by atoms with Crippen molar-refractivity contribution in [3.8, 4) is 0 Å². The SMILES string of the molecule is O=C(O)NC1(CO)CCNC1.